The van der Waals surface area contributed by atoms with Crippen LogP contribution in [0.4, 0.5) is 0 Å². The van der Waals surface area contributed by atoms with Gasteiger partial charge in [-0.15, -0.1) is 0 Å². The molecule has 1 aromatic rings. The largest absolute Gasteiger partial charge is 0.301 e. The Morgan fingerprint density at radius 3 is 2.50 bits per heavy atom. The van der Waals surface area contributed by atoms with Crippen molar-refractivity contribution in [2.24, 2.45) is 5.41 Å². The first-order chi connectivity index (χ1) is 8.60. The van der Waals surface area contributed by atoms with Crippen molar-refractivity contribution in [3.8, 4) is 0 Å². The zero-order valence-electron chi connectivity index (χ0n) is 11.4. The van der Waals surface area contributed by atoms with E-state index in [1.165, 1.54) is 49.9 Å². The maximum atomic E-state index is 6.34. The number of piperidine rings is 1. The van der Waals surface area contributed by atoms with Gasteiger partial charge in [-0.2, -0.15) is 0 Å². The summed E-state index contributed by atoms with van der Waals surface area (Å²) < 4.78 is 0. The first-order valence-electron chi connectivity index (χ1n) is 7.10. The van der Waals surface area contributed by atoms with Crippen LogP contribution in [0.25, 0.3) is 0 Å². The molecule has 1 aliphatic carbocycles. The first kappa shape index (κ1) is 12.5. The highest BCUT2D eigenvalue weighted by atomic mass is 35.5. The van der Waals surface area contributed by atoms with Crippen LogP contribution in [-0.4, -0.2) is 24.0 Å². The van der Waals surface area contributed by atoms with Crippen LogP contribution in [0.5, 0.6) is 0 Å². The topological polar surface area (TPSA) is 3.24 Å². The van der Waals surface area contributed by atoms with Crippen molar-refractivity contribution in [1.29, 1.82) is 0 Å². The number of likely N-dealkylation sites (tertiary alicyclic amines) is 1. The van der Waals surface area contributed by atoms with Gasteiger partial charge in [0.2, 0.25) is 0 Å². The summed E-state index contributed by atoms with van der Waals surface area (Å²) in [6.07, 6.45) is 5.11. The number of nitrogens with zero attached hydrogens (tertiary/aromatic N) is 1. The van der Waals surface area contributed by atoms with E-state index in [2.05, 4.69) is 30.9 Å². The van der Waals surface area contributed by atoms with Crippen molar-refractivity contribution in [2.45, 2.75) is 45.6 Å². The maximum Gasteiger partial charge on any atom is 0.0440 e. The van der Waals surface area contributed by atoms with Gasteiger partial charge < -0.3 is 4.90 Å². The number of benzene rings is 1. The minimum Gasteiger partial charge on any atom is -0.301 e. The molecule has 0 radical (unpaired) electrons. The van der Waals surface area contributed by atoms with Crippen molar-refractivity contribution >= 4 is 11.6 Å². The maximum absolute atomic E-state index is 6.34. The molecule has 0 atom stereocenters. The number of fused-ring (bicyclic) bond motifs is 1. The minimum absolute atomic E-state index is 0.513. The average molecular weight is 264 g/mol. The number of rotatable bonds is 1. The van der Waals surface area contributed by atoms with Crippen LogP contribution >= 0.6 is 11.6 Å². The Balaban J connectivity index is 1.76. The number of hydrogen-bond donors (Lipinski definition) is 0. The first-order valence-corrected chi connectivity index (χ1v) is 7.48. The van der Waals surface area contributed by atoms with Gasteiger partial charge in [-0.05, 0) is 75.2 Å². The molecule has 0 amide bonds. The summed E-state index contributed by atoms with van der Waals surface area (Å²) >= 11 is 6.34. The molecule has 0 saturated carbocycles. The highest BCUT2D eigenvalue weighted by molar-refractivity contribution is 6.31. The van der Waals surface area contributed by atoms with E-state index in [0.717, 1.165) is 5.02 Å². The fraction of sp³-hybridized carbons (Fsp3) is 0.625. The highest BCUT2D eigenvalue weighted by Gasteiger charge is 2.40. The lowest BCUT2D eigenvalue weighted by atomic mass is 9.76. The van der Waals surface area contributed by atoms with Crippen molar-refractivity contribution in [3.63, 3.8) is 0 Å². The Kier molecular flexibility index (Phi) is 3.15. The van der Waals surface area contributed by atoms with Gasteiger partial charge in [-0.25, -0.2) is 0 Å². The third-order valence-corrected chi connectivity index (χ3v) is 5.28. The van der Waals surface area contributed by atoms with E-state index < -0.39 is 0 Å². The second kappa shape index (κ2) is 4.54. The van der Waals surface area contributed by atoms with E-state index in [4.69, 9.17) is 11.6 Å². The minimum atomic E-state index is 0.513. The fourth-order valence-corrected chi connectivity index (χ4v) is 3.94. The smallest absolute Gasteiger partial charge is 0.0440 e. The van der Waals surface area contributed by atoms with Gasteiger partial charge >= 0.3 is 0 Å². The van der Waals surface area contributed by atoms with Gasteiger partial charge in [0.1, 0.15) is 0 Å². The number of hydrogen-bond acceptors (Lipinski definition) is 1. The van der Waals surface area contributed by atoms with Crippen molar-refractivity contribution in [2.75, 3.05) is 13.1 Å². The van der Waals surface area contributed by atoms with Crippen molar-refractivity contribution < 1.29 is 0 Å². The third kappa shape index (κ3) is 2.08. The Morgan fingerprint density at radius 2 is 1.89 bits per heavy atom. The van der Waals surface area contributed by atoms with Crippen LogP contribution in [0.1, 0.15) is 37.8 Å². The molecule has 1 heterocycles. The van der Waals surface area contributed by atoms with E-state index in [-0.39, 0.29) is 0 Å². The molecule has 1 fully saturated rings. The van der Waals surface area contributed by atoms with E-state index in [1.807, 2.05) is 6.07 Å². The predicted octanol–water partition coefficient (Wildman–Crippen LogP) is 3.93. The third-order valence-electron chi connectivity index (χ3n) is 4.92. The lowest BCUT2D eigenvalue weighted by Gasteiger charge is -2.41. The Bertz CT molecular complexity index is 444. The lowest BCUT2D eigenvalue weighted by Crippen LogP contribution is -2.43. The quantitative estimate of drug-likeness (QED) is 0.742. The zero-order valence-corrected chi connectivity index (χ0v) is 12.1. The molecular weight excluding hydrogens is 242 g/mol. The molecule has 98 valence electrons. The summed E-state index contributed by atoms with van der Waals surface area (Å²) in [4.78, 5) is 2.61. The number of halogens is 1. The Hall–Kier alpha value is -0.530. The molecule has 0 aromatic heterocycles. The summed E-state index contributed by atoms with van der Waals surface area (Å²) in [5.74, 6) is 0. The molecule has 0 bridgehead atoms. The van der Waals surface area contributed by atoms with E-state index in [0.29, 0.717) is 11.5 Å². The normalized spacial score (nSPS) is 22.7. The average Bonchev–Trinajstić information content (AvgIpc) is 2.69. The molecule has 0 unspecified atom stereocenters. The second-order valence-electron chi connectivity index (χ2n) is 6.36. The van der Waals surface area contributed by atoms with Gasteiger partial charge in [-0.1, -0.05) is 23.7 Å². The highest BCUT2D eigenvalue weighted by Crippen LogP contribution is 2.46. The fourth-order valence-electron chi connectivity index (χ4n) is 3.68. The standard InChI is InChI=1S/C16H22ClN/c1-12(2)18-8-6-16(7-9-18)10-13-4-3-5-15(17)14(13)11-16/h3-5,12H,6-11H2,1-2H3. The predicted molar refractivity (Wildman–Crippen MR) is 77.2 cm³/mol. The summed E-state index contributed by atoms with van der Waals surface area (Å²) in [5.41, 5.74) is 3.44. The Morgan fingerprint density at radius 1 is 1.17 bits per heavy atom. The van der Waals surface area contributed by atoms with Gasteiger partial charge in [0.25, 0.3) is 0 Å². The van der Waals surface area contributed by atoms with Crippen LogP contribution in [0.15, 0.2) is 18.2 Å². The molecule has 1 spiro atoms. The summed E-state index contributed by atoms with van der Waals surface area (Å²) in [5, 5.41) is 0.982. The van der Waals surface area contributed by atoms with Crippen molar-refractivity contribution in [3.05, 3.63) is 34.3 Å². The molecule has 3 rings (SSSR count). The molecule has 1 aliphatic heterocycles. The van der Waals surface area contributed by atoms with Crippen LogP contribution < -0.4 is 0 Å². The summed E-state index contributed by atoms with van der Waals surface area (Å²) in [7, 11) is 0. The van der Waals surface area contributed by atoms with E-state index in [1.54, 1.807) is 0 Å². The van der Waals surface area contributed by atoms with Crippen LogP contribution in [0, 0.1) is 5.41 Å². The van der Waals surface area contributed by atoms with E-state index in [9.17, 15) is 0 Å². The monoisotopic (exact) mass is 263 g/mol. The Labute approximate surface area is 115 Å². The lowest BCUT2D eigenvalue weighted by molar-refractivity contribution is 0.0895. The zero-order chi connectivity index (χ0) is 12.8. The van der Waals surface area contributed by atoms with Crippen LogP contribution in [0.3, 0.4) is 0 Å². The van der Waals surface area contributed by atoms with Crippen LogP contribution in [0.2, 0.25) is 5.02 Å². The van der Waals surface area contributed by atoms with Crippen LogP contribution in [-0.2, 0) is 12.8 Å². The molecule has 1 nitrogen and oxygen atoms in total. The van der Waals surface area contributed by atoms with Gasteiger partial charge in [0, 0.05) is 11.1 Å². The van der Waals surface area contributed by atoms with Crippen molar-refractivity contribution in [1.82, 2.24) is 4.90 Å². The van der Waals surface area contributed by atoms with Gasteiger partial charge in [0.05, 0.1) is 0 Å². The molecule has 2 heteroatoms. The van der Waals surface area contributed by atoms with E-state index >= 15 is 0 Å². The second-order valence-corrected chi connectivity index (χ2v) is 6.77. The molecule has 0 N–H and O–H groups in total. The summed E-state index contributed by atoms with van der Waals surface area (Å²) in [6, 6.07) is 7.10. The SMILES string of the molecule is CC(C)N1CCC2(CC1)Cc1cccc(Cl)c1C2. The molecular formula is C16H22ClN. The molecule has 18 heavy (non-hydrogen) atoms. The molecule has 1 aromatic carbocycles. The van der Waals surface area contributed by atoms with Gasteiger partial charge in [-0.3, -0.25) is 0 Å². The summed E-state index contributed by atoms with van der Waals surface area (Å²) in [6.45, 7) is 7.11. The molecule has 2 aliphatic rings. The van der Waals surface area contributed by atoms with Gasteiger partial charge in [0.15, 0.2) is 0 Å². The molecule has 1 saturated heterocycles.